The Morgan fingerprint density at radius 1 is 1.14 bits per heavy atom. The van der Waals surface area contributed by atoms with E-state index in [2.05, 4.69) is 10.3 Å². The van der Waals surface area contributed by atoms with Crippen molar-refractivity contribution in [2.45, 2.75) is 0 Å². The number of fused-ring (bicyclic) bond motifs is 1. The van der Waals surface area contributed by atoms with E-state index in [1.165, 1.54) is 18.2 Å². The normalized spacial score (nSPS) is 10.3. The second kappa shape index (κ2) is 5.10. The van der Waals surface area contributed by atoms with E-state index in [1.54, 1.807) is 18.3 Å². The molecule has 3 aromatic rings. The quantitative estimate of drug-likeness (QED) is 0.703. The Labute approximate surface area is 120 Å². The van der Waals surface area contributed by atoms with Crippen molar-refractivity contribution in [1.29, 1.82) is 5.26 Å². The Kier molecular flexibility index (Phi) is 3.13. The van der Waals surface area contributed by atoms with Crippen LogP contribution in [0.5, 0.6) is 0 Å². The molecule has 3 N–H and O–H groups in total. The zero-order valence-corrected chi connectivity index (χ0v) is 11.0. The molecule has 5 heteroatoms. The first kappa shape index (κ1) is 12.9. The lowest BCUT2D eigenvalue weighted by molar-refractivity contribution is 0.627. The van der Waals surface area contributed by atoms with Gasteiger partial charge < -0.3 is 11.1 Å². The number of halogens is 1. The molecule has 1 heterocycles. The number of hydrogen-bond donors (Lipinski definition) is 2. The van der Waals surface area contributed by atoms with Crippen molar-refractivity contribution >= 4 is 28.0 Å². The van der Waals surface area contributed by atoms with Gasteiger partial charge in [0.2, 0.25) is 0 Å². The number of anilines is 3. The highest BCUT2D eigenvalue weighted by atomic mass is 19.1. The van der Waals surface area contributed by atoms with E-state index in [0.29, 0.717) is 17.1 Å². The third-order valence-electron chi connectivity index (χ3n) is 3.20. The maximum atomic E-state index is 13.1. The van der Waals surface area contributed by atoms with Crippen molar-refractivity contribution in [2.24, 2.45) is 0 Å². The van der Waals surface area contributed by atoms with Gasteiger partial charge in [-0.1, -0.05) is 0 Å². The first-order chi connectivity index (χ1) is 10.2. The minimum absolute atomic E-state index is 0.223. The summed E-state index contributed by atoms with van der Waals surface area (Å²) in [6.07, 6.45) is 1.70. The van der Waals surface area contributed by atoms with Crippen LogP contribution in [-0.4, -0.2) is 4.98 Å². The van der Waals surface area contributed by atoms with E-state index in [9.17, 15) is 4.39 Å². The Hall–Kier alpha value is -3.13. The van der Waals surface area contributed by atoms with E-state index in [-0.39, 0.29) is 5.56 Å². The van der Waals surface area contributed by atoms with Crippen molar-refractivity contribution in [3.05, 3.63) is 60.0 Å². The highest BCUT2D eigenvalue weighted by molar-refractivity contribution is 5.98. The number of nitrogens with two attached hydrogens (primary N) is 1. The van der Waals surface area contributed by atoms with Crippen LogP contribution in [0, 0.1) is 17.1 Å². The van der Waals surface area contributed by atoms with E-state index in [4.69, 9.17) is 11.0 Å². The van der Waals surface area contributed by atoms with Crippen LogP contribution in [0.1, 0.15) is 5.56 Å². The highest BCUT2D eigenvalue weighted by Crippen LogP contribution is 2.31. The molecule has 0 saturated heterocycles. The molecule has 1 aromatic heterocycles. The lowest BCUT2D eigenvalue weighted by Crippen LogP contribution is -1.99. The van der Waals surface area contributed by atoms with Crippen molar-refractivity contribution in [3.8, 4) is 6.07 Å². The standard InChI is InChI=1S/C16H11FN4/c17-11-3-4-13(10(8-11)9-18)21-15-6-5-14-12(16(15)19)2-1-7-20-14/h1-8,21H,19H2. The van der Waals surface area contributed by atoms with Crippen LogP contribution in [0.25, 0.3) is 10.9 Å². The Balaban J connectivity index is 2.07. The monoisotopic (exact) mass is 278 g/mol. The van der Waals surface area contributed by atoms with E-state index in [1.807, 2.05) is 18.2 Å². The van der Waals surface area contributed by atoms with Crippen LogP contribution in [0.4, 0.5) is 21.5 Å². The van der Waals surface area contributed by atoms with Gasteiger partial charge in [0.05, 0.1) is 28.1 Å². The van der Waals surface area contributed by atoms with Gasteiger partial charge in [-0.2, -0.15) is 5.26 Å². The molecule has 0 amide bonds. The molecule has 0 aliphatic rings. The largest absolute Gasteiger partial charge is 0.396 e. The fraction of sp³-hybridized carbons (Fsp3) is 0. The Bertz CT molecular complexity index is 868. The van der Waals surface area contributed by atoms with E-state index >= 15 is 0 Å². The van der Waals surface area contributed by atoms with Crippen LogP contribution >= 0.6 is 0 Å². The number of nitrogens with one attached hydrogen (secondary N) is 1. The van der Waals surface area contributed by atoms with Crippen LogP contribution in [0.15, 0.2) is 48.7 Å². The molecule has 0 fully saturated rings. The number of aromatic nitrogens is 1. The fourth-order valence-corrected chi connectivity index (χ4v) is 2.15. The second-order valence-electron chi connectivity index (χ2n) is 4.52. The number of hydrogen-bond acceptors (Lipinski definition) is 4. The van der Waals surface area contributed by atoms with Crippen molar-refractivity contribution in [2.75, 3.05) is 11.1 Å². The molecular formula is C16H11FN4. The fourth-order valence-electron chi connectivity index (χ4n) is 2.15. The Morgan fingerprint density at radius 2 is 1.95 bits per heavy atom. The molecule has 3 rings (SSSR count). The zero-order chi connectivity index (χ0) is 14.8. The molecule has 0 spiro atoms. The van der Waals surface area contributed by atoms with Crippen LogP contribution < -0.4 is 11.1 Å². The number of benzene rings is 2. The molecule has 21 heavy (non-hydrogen) atoms. The number of nitriles is 1. The molecule has 0 aliphatic heterocycles. The average Bonchev–Trinajstić information content (AvgIpc) is 2.51. The Morgan fingerprint density at radius 3 is 2.76 bits per heavy atom. The van der Waals surface area contributed by atoms with Crippen molar-refractivity contribution in [3.63, 3.8) is 0 Å². The SMILES string of the molecule is N#Cc1cc(F)ccc1Nc1ccc2ncccc2c1N. The van der Waals surface area contributed by atoms with Gasteiger partial charge in [-0.25, -0.2) is 4.39 Å². The van der Waals surface area contributed by atoms with Gasteiger partial charge in [-0.15, -0.1) is 0 Å². The average molecular weight is 278 g/mol. The van der Waals surface area contributed by atoms with Crippen molar-refractivity contribution < 1.29 is 4.39 Å². The van der Waals surface area contributed by atoms with Gasteiger partial charge in [0.25, 0.3) is 0 Å². The van der Waals surface area contributed by atoms with Crippen LogP contribution in [0.2, 0.25) is 0 Å². The first-order valence-electron chi connectivity index (χ1n) is 6.29. The topological polar surface area (TPSA) is 74.7 Å². The minimum atomic E-state index is -0.451. The molecule has 0 unspecified atom stereocenters. The van der Waals surface area contributed by atoms with Gasteiger partial charge in [0.1, 0.15) is 11.9 Å². The summed E-state index contributed by atoms with van der Waals surface area (Å²) in [5.41, 5.74) is 8.84. The van der Waals surface area contributed by atoms with Gasteiger partial charge in [0, 0.05) is 11.6 Å². The third-order valence-corrected chi connectivity index (χ3v) is 3.20. The maximum Gasteiger partial charge on any atom is 0.124 e. The molecule has 0 bridgehead atoms. The minimum Gasteiger partial charge on any atom is -0.396 e. The summed E-state index contributed by atoms with van der Waals surface area (Å²) in [6, 6.07) is 13.3. The number of rotatable bonds is 2. The number of nitrogens with zero attached hydrogens (tertiary/aromatic N) is 2. The van der Waals surface area contributed by atoms with Crippen LogP contribution in [-0.2, 0) is 0 Å². The predicted molar refractivity (Wildman–Crippen MR) is 80.6 cm³/mol. The summed E-state index contributed by atoms with van der Waals surface area (Å²) in [4.78, 5) is 4.23. The van der Waals surface area contributed by atoms with Gasteiger partial charge in [-0.05, 0) is 42.5 Å². The van der Waals surface area contributed by atoms with Gasteiger partial charge in [-0.3, -0.25) is 4.98 Å². The summed E-state index contributed by atoms with van der Waals surface area (Å²) in [6.45, 7) is 0. The second-order valence-corrected chi connectivity index (χ2v) is 4.52. The first-order valence-corrected chi connectivity index (χ1v) is 6.29. The lowest BCUT2D eigenvalue weighted by atomic mass is 10.1. The van der Waals surface area contributed by atoms with E-state index < -0.39 is 5.82 Å². The lowest BCUT2D eigenvalue weighted by Gasteiger charge is -2.12. The van der Waals surface area contributed by atoms with E-state index in [0.717, 1.165) is 10.9 Å². The molecule has 0 atom stereocenters. The van der Waals surface area contributed by atoms with Gasteiger partial charge >= 0.3 is 0 Å². The summed E-state index contributed by atoms with van der Waals surface area (Å²) in [7, 11) is 0. The maximum absolute atomic E-state index is 13.1. The number of pyridine rings is 1. The summed E-state index contributed by atoms with van der Waals surface area (Å²) in [5.74, 6) is -0.451. The summed E-state index contributed by atoms with van der Waals surface area (Å²) in [5, 5.41) is 13.0. The third kappa shape index (κ3) is 2.35. The molecule has 0 aliphatic carbocycles. The molecule has 0 saturated carbocycles. The molecule has 102 valence electrons. The zero-order valence-electron chi connectivity index (χ0n) is 11.0. The van der Waals surface area contributed by atoms with Crippen LogP contribution in [0.3, 0.4) is 0 Å². The highest BCUT2D eigenvalue weighted by Gasteiger charge is 2.08. The number of nitrogen functional groups attached to an aromatic ring is 1. The molecule has 2 aromatic carbocycles. The molecule has 4 nitrogen and oxygen atoms in total. The summed E-state index contributed by atoms with van der Waals surface area (Å²) >= 11 is 0. The van der Waals surface area contributed by atoms with Gasteiger partial charge in [0.15, 0.2) is 0 Å². The predicted octanol–water partition coefficient (Wildman–Crippen LogP) is 3.57. The summed E-state index contributed by atoms with van der Waals surface area (Å²) < 4.78 is 13.1. The smallest absolute Gasteiger partial charge is 0.124 e. The van der Waals surface area contributed by atoms with Crippen molar-refractivity contribution in [1.82, 2.24) is 4.98 Å². The molecule has 0 radical (unpaired) electrons. The molecular weight excluding hydrogens is 267 g/mol.